The van der Waals surface area contributed by atoms with E-state index in [4.69, 9.17) is 52.1 Å². The summed E-state index contributed by atoms with van der Waals surface area (Å²) in [5, 5.41) is 0. The molecule has 6 rings (SSSR count). The Bertz CT molecular complexity index is 2110. The molecule has 0 radical (unpaired) electrons. The molecule has 5 unspecified atom stereocenters. The molecule has 14 nitrogen and oxygen atoms in total. The van der Waals surface area contributed by atoms with Crippen LogP contribution in [-0.2, 0) is 30.2 Å². The van der Waals surface area contributed by atoms with Crippen molar-refractivity contribution in [1.82, 2.24) is 0 Å². The molecule has 4 aromatic carbocycles. The number of hydrogen-bond donors (Lipinski definition) is 0. The van der Waals surface area contributed by atoms with Crippen LogP contribution in [0, 0.1) is 0 Å². The van der Waals surface area contributed by atoms with Gasteiger partial charge in [0.05, 0.1) is 55.7 Å². The third-order valence-corrected chi connectivity index (χ3v) is 9.82. The summed E-state index contributed by atoms with van der Waals surface area (Å²) in [6.07, 6.45) is -3.76. The van der Waals surface area contributed by atoms with Gasteiger partial charge in [-0.25, -0.2) is 4.79 Å². The van der Waals surface area contributed by atoms with Gasteiger partial charge in [0.1, 0.15) is 46.2 Å². The van der Waals surface area contributed by atoms with Gasteiger partial charge in [-0.15, -0.1) is 0 Å². The van der Waals surface area contributed by atoms with Gasteiger partial charge < -0.3 is 52.1 Å². The van der Waals surface area contributed by atoms with Crippen LogP contribution < -0.4 is 37.9 Å². The van der Waals surface area contributed by atoms with Crippen molar-refractivity contribution < 1.29 is 66.5 Å². The highest BCUT2D eigenvalue weighted by molar-refractivity contribution is 5.98. The van der Waals surface area contributed by atoms with Gasteiger partial charge in [0.2, 0.25) is 0 Å². The van der Waals surface area contributed by atoms with E-state index in [0.717, 1.165) is 0 Å². The Morgan fingerprint density at radius 2 is 1.27 bits per heavy atom. The molecule has 0 fully saturated rings. The van der Waals surface area contributed by atoms with Crippen LogP contribution in [0.15, 0.2) is 60.7 Å². The Labute approximate surface area is 324 Å². The predicted octanol–water partition coefficient (Wildman–Crippen LogP) is 6.33. The molecule has 0 aliphatic carbocycles. The molecule has 0 spiro atoms. The zero-order valence-corrected chi connectivity index (χ0v) is 32.6. The summed E-state index contributed by atoms with van der Waals surface area (Å²) in [7, 11) is 10.2. The van der Waals surface area contributed by atoms with Crippen molar-refractivity contribution in [3.63, 3.8) is 0 Å². The number of fused-ring (bicyclic) bond motifs is 2. The molecule has 5 atom stereocenters. The summed E-state index contributed by atoms with van der Waals surface area (Å²) >= 11 is 0. The molecule has 296 valence electrons. The van der Waals surface area contributed by atoms with E-state index in [1.54, 1.807) is 55.6 Å². The normalized spacial score (nSPS) is 19.4. The van der Waals surface area contributed by atoms with Crippen LogP contribution in [0.4, 0.5) is 0 Å². The fourth-order valence-electron chi connectivity index (χ4n) is 7.48. The minimum absolute atomic E-state index is 0.0247. The fraction of sp³-hybridized carbons (Fsp3) is 0.357. The second kappa shape index (κ2) is 16.6. The molecule has 2 aliphatic heterocycles. The van der Waals surface area contributed by atoms with Crippen molar-refractivity contribution in [2.45, 2.75) is 50.6 Å². The number of ether oxygens (including phenoxy) is 11. The van der Waals surface area contributed by atoms with Gasteiger partial charge in [-0.05, 0) is 35.9 Å². The van der Waals surface area contributed by atoms with E-state index in [9.17, 15) is 14.4 Å². The summed E-state index contributed by atoms with van der Waals surface area (Å²) < 4.78 is 65.2. The number of rotatable bonds is 12. The van der Waals surface area contributed by atoms with Crippen molar-refractivity contribution in [2.75, 3.05) is 49.8 Å². The third kappa shape index (κ3) is 7.26. The lowest BCUT2D eigenvalue weighted by atomic mass is 9.77. The molecule has 0 bridgehead atoms. The monoisotopic (exact) mass is 772 g/mol. The lowest BCUT2D eigenvalue weighted by Gasteiger charge is -2.41. The number of carbonyl (C=O) groups is 3. The Balaban J connectivity index is 1.66. The predicted molar refractivity (Wildman–Crippen MR) is 200 cm³/mol. The number of hydrogen-bond acceptors (Lipinski definition) is 14. The number of benzene rings is 4. The topological polar surface area (TPSA) is 153 Å². The maximum absolute atomic E-state index is 14.0. The summed E-state index contributed by atoms with van der Waals surface area (Å²) in [4.78, 5) is 39.7. The van der Waals surface area contributed by atoms with Crippen molar-refractivity contribution in [3.05, 3.63) is 94.0 Å². The minimum atomic E-state index is -1.05. The van der Waals surface area contributed by atoms with E-state index >= 15 is 0 Å². The first kappa shape index (κ1) is 39.4. The molecule has 0 N–H and O–H groups in total. The SMILES string of the molecule is COC(=O)c1c2c(c(OC)c(C3c4ccc(OC)cc4OC(c4ccc(OC)cc4)C3OC(C)=O)c1OC)CC(OC(C)=O)C(c1ccc(OC)c(OC)c1)O2. The van der Waals surface area contributed by atoms with Crippen LogP contribution in [-0.4, -0.2) is 79.9 Å². The highest BCUT2D eigenvalue weighted by Crippen LogP contribution is 2.57. The van der Waals surface area contributed by atoms with Crippen LogP contribution in [0.3, 0.4) is 0 Å². The highest BCUT2D eigenvalue weighted by Gasteiger charge is 2.49. The average Bonchev–Trinajstić information content (AvgIpc) is 3.21. The number of methoxy groups -OCH3 is 7. The number of carbonyl (C=O) groups excluding carboxylic acids is 3. The fourth-order valence-corrected chi connectivity index (χ4v) is 7.48. The highest BCUT2D eigenvalue weighted by atomic mass is 16.6. The summed E-state index contributed by atoms with van der Waals surface area (Å²) in [6, 6.07) is 17.6. The van der Waals surface area contributed by atoms with Crippen molar-refractivity contribution in [2.24, 2.45) is 0 Å². The van der Waals surface area contributed by atoms with Gasteiger partial charge in [-0.2, -0.15) is 0 Å². The van der Waals surface area contributed by atoms with Gasteiger partial charge in [-0.3, -0.25) is 9.59 Å². The van der Waals surface area contributed by atoms with E-state index in [0.29, 0.717) is 56.6 Å². The van der Waals surface area contributed by atoms with E-state index < -0.39 is 48.2 Å². The first-order chi connectivity index (χ1) is 27.0. The van der Waals surface area contributed by atoms with Gasteiger partial charge in [0.15, 0.2) is 29.8 Å². The molecule has 0 aromatic heterocycles. The average molecular weight is 773 g/mol. The maximum Gasteiger partial charge on any atom is 0.345 e. The van der Waals surface area contributed by atoms with Crippen LogP contribution in [0.2, 0.25) is 0 Å². The van der Waals surface area contributed by atoms with Gasteiger partial charge in [0, 0.05) is 48.6 Å². The Morgan fingerprint density at radius 3 is 1.86 bits per heavy atom. The van der Waals surface area contributed by atoms with Crippen molar-refractivity contribution in [3.8, 4) is 46.0 Å². The van der Waals surface area contributed by atoms with E-state index in [-0.39, 0.29) is 29.2 Å². The first-order valence-corrected chi connectivity index (χ1v) is 17.6. The lowest BCUT2D eigenvalue weighted by Crippen LogP contribution is -2.39. The van der Waals surface area contributed by atoms with Crippen molar-refractivity contribution in [1.29, 1.82) is 0 Å². The zero-order valence-electron chi connectivity index (χ0n) is 32.6. The maximum atomic E-state index is 14.0. The Kier molecular flexibility index (Phi) is 11.7. The molecule has 4 aromatic rings. The second-order valence-electron chi connectivity index (χ2n) is 12.9. The largest absolute Gasteiger partial charge is 0.497 e. The standard InChI is InChI=1S/C42H44O14/c1-21(43)53-32-20-28-38(50-7)34(40(51-8)35(42(45)52-9)39(28)56-36(32)24-12-17-29(48-5)31(18-24)49-6)33-27-16-15-26(47-4)19-30(27)55-37(41(33)54-22(2)44)23-10-13-25(46-3)14-11-23/h10-19,32-33,36-37,41H,20H2,1-9H3. The van der Waals surface area contributed by atoms with Crippen molar-refractivity contribution >= 4 is 17.9 Å². The summed E-state index contributed by atoms with van der Waals surface area (Å²) in [6.45, 7) is 2.60. The number of esters is 3. The smallest absolute Gasteiger partial charge is 0.345 e. The molecule has 2 heterocycles. The van der Waals surface area contributed by atoms with E-state index in [1.807, 2.05) is 12.1 Å². The molecule has 56 heavy (non-hydrogen) atoms. The minimum Gasteiger partial charge on any atom is -0.497 e. The van der Waals surface area contributed by atoms with Gasteiger partial charge >= 0.3 is 17.9 Å². The molecule has 0 saturated carbocycles. The zero-order chi connectivity index (χ0) is 40.3. The third-order valence-electron chi connectivity index (χ3n) is 9.82. The molecule has 0 amide bonds. The first-order valence-electron chi connectivity index (χ1n) is 17.6. The van der Waals surface area contributed by atoms with Crippen LogP contribution in [0.5, 0.6) is 46.0 Å². The molecule has 14 heteroatoms. The van der Waals surface area contributed by atoms with Gasteiger partial charge in [0.25, 0.3) is 0 Å². The van der Waals surface area contributed by atoms with E-state index in [1.165, 1.54) is 56.5 Å². The van der Waals surface area contributed by atoms with Crippen LogP contribution >= 0.6 is 0 Å². The summed E-state index contributed by atoms with van der Waals surface area (Å²) in [5.41, 5.74) is 2.47. The molecule has 2 aliphatic rings. The lowest BCUT2D eigenvalue weighted by molar-refractivity contribution is -0.154. The van der Waals surface area contributed by atoms with Crippen LogP contribution in [0.1, 0.15) is 70.1 Å². The van der Waals surface area contributed by atoms with E-state index in [2.05, 4.69) is 0 Å². The van der Waals surface area contributed by atoms with Gasteiger partial charge in [-0.1, -0.05) is 24.3 Å². The Hall–Kier alpha value is -6.31. The summed E-state index contributed by atoms with van der Waals surface area (Å²) in [5.74, 6) is 0.000954. The quantitative estimate of drug-likeness (QED) is 0.116. The second-order valence-corrected chi connectivity index (χ2v) is 12.9. The molecular weight excluding hydrogens is 728 g/mol. The molecule has 0 saturated heterocycles. The van der Waals surface area contributed by atoms with Crippen LogP contribution in [0.25, 0.3) is 0 Å². The molecular formula is C42H44O14. The Morgan fingerprint density at radius 1 is 0.625 bits per heavy atom.